The molecule has 2 heteroatoms. The van der Waals surface area contributed by atoms with Crippen molar-refractivity contribution < 1.29 is 4.48 Å². The largest absolute Gasteiger partial charge is 0.147 e. The van der Waals surface area contributed by atoms with Crippen LogP contribution in [0.2, 0.25) is 0 Å². The van der Waals surface area contributed by atoms with Crippen molar-refractivity contribution in [1.82, 2.24) is 5.12 Å². The third-order valence-corrected chi connectivity index (χ3v) is 3.10. The molecule has 0 saturated heterocycles. The van der Waals surface area contributed by atoms with Gasteiger partial charge >= 0.3 is 0 Å². The second kappa shape index (κ2) is 13.0. The summed E-state index contributed by atoms with van der Waals surface area (Å²) in [6, 6.07) is 0. The van der Waals surface area contributed by atoms with Crippen molar-refractivity contribution in [1.29, 1.82) is 0 Å². The molecule has 0 rings (SSSR count). The van der Waals surface area contributed by atoms with Gasteiger partial charge in [0.05, 0.1) is 0 Å². The Hall–Kier alpha value is -0.110. The summed E-state index contributed by atoms with van der Waals surface area (Å²) in [4.78, 5) is 0. The van der Waals surface area contributed by atoms with Gasteiger partial charge in [-0.3, -0.25) is 0 Å². The molecule has 16 heavy (non-hydrogen) atoms. The number of unbranched alkanes of at least 4 members (excludes halogenated alkanes) is 9. The van der Waals surface area contributed by atoms with Crippen molar-refractivity contribution >= 4 is 0 Å². The van der Waals surface area contributed by atoms with Gasteiger partial charge in [0.2, 0.25) is 0 Å². The van der Waals surface area contributed by atoms with E-state index in [1.54, 1.807) is 0 Å². The summed E-state index contributed by atoms with van der Waals surface area (Å²) >= 11 is 0. The molecule has 98 valence electrons. The van der Waals surface area contributed by atoms with E-state index in [4.69, 9.17) is 0 Å². The molecule has 0 amide bonds. The van der Waals surface area contributed by atoms with Gasteiger partial charge in [-0.15, -0.1) is 9.60 Å². The normalized spacial score (nSPS) is 11.2. The maximum Gasteiger partial charge on any atom is 0.0290 e. The summed E-state index contributed by atoms with van der Waals surface area (Å²) in [6.45, 7) is 5.26. The Kier molecular flexibility index (Phi) is 12.9. The molecule has 0 aliphatic rings. The number of halogens is 1. The maximum atomic E-state index is 12.7. The Bertz CT molecular complexity index is 128. The summed E-state index contributed by atoms with van der Waals surface area (Å²) in [5.41, 5.74) is 0. The third-order valence-electron chi connectivity index (χ3n) is 3.10. The molecule has 0 unspecified atom stereocenters. The number of hydrogen-bond acceptors (Lipinski definition) is 1. The molecule has 0 aromatic rings. The van der Waals surface area contributed by atoms with Crippen LogP contribution in [-0.2, 0) is 0 Å². The van der Waals surface area contributed by atoms with Gasteiger partial charge in [-0.05, 0) is 13.3 Å². The molecule has 0 aliphatic heterocycles. The van der Waals surface area contributed by atoms with Gasteiger partial charge in [-0.25, -0.2) is 0 Å². The summed E-state index contributed by atoms with van der Waals surface area (Å²) in [5, 5.41) is 0.907. The fourth-order valence-electron chi connectivity index (χ4n) is 1.93. The van der Waals surface area contributed by atoms with Crippen LogP contribution in [0.5, 0.6) is 0 Å². The summed E-state index contributed by atoms with van der Waals surface area (Å²) in [7, 11) is 0. The van der Waals surface area contributed by atoms with E-state index in [0.29, 0.717) is 13.1 Å². The monoisotopic (exact) mass is 231 g/mol. The molecule has 0 spiro atoms. The van der Waals surface area contributed by atoms with Gasteiger partial charge in [0, 0.05) is 13.1 Å². The molecule has 0 saturated carbocycles. The average molecular weight is 231 g/mol. The standard InChI is InChI=1S/C14H30FN/c1-3-5-6-7-8-9-10-11-12-13-14-16(15)4-2/h3-14H2,1-2H3. The SMILES string of the molecule is CCCCCCCCCCCCN(F)CC. The summed E-state index contributed by atoms with van der Waals surface area (Å²) in [6.07, 6.45) is 13.1. The minimum atomic E-state index is 0.525. The minimum absolute atomic E-state index is 0.525. The predicted octanol–water partition coefficient (Wildman–Crippen LogP) is 5.11. The van der Waals surface area contributed by atoms with E-state index in [2.05, 4.69) is 6.92 Å². The zero-order chi connectivity index (χ0) is 12.1. The van der Waals surface area contributed by atoms with E-state index in [1.165, 1.54) is 57.8 Å². The van der Waals surface area contributed by atoms with Gasteiger partial charge in [0.15, 0.2) is 0 Å². The zero-order valence-electron chi connectivity index (χ0n) is 11.3. The van der Waals surface area contributed by atoms with Crippen molar-refractivity contribution in [2.75, 3.05) is 13.1 Å². The second-order valence-electron chi connectivity index (χ2n) is 4.68. The van der Waals surface area contributed by atoms with Gasteiger partial charge < -0.3 is 0 Å². The minimum Gasteiger partial charge on any atom is -0.147 e. The van der Waals surface area contributed by atoms with Crippen LogP contribution in [0, 0.1) is 0 Å². The number of rotatable bonds is 12. The summed E-state index contributed by atoms with van der Waals surface area (Å²) in [5.74, 6) is 0. The van der Waals surface area contributed by atoms with E-state index < -0.39 is 0 Å². The molecule has 0 aliphatic carbocycles. The van der Waals surface area contributed by atoms with Gasteiger partial charge in [-0.1, -0.05) is 64.7 Å². The Balaban J connectivity index is 2.93. The lowest BCUT2D eigenvalue weighted by atomic mass is 10.1. The molecule has 0 bridgehead atoms. The molecular weight excluding hydrogens is 201 g/mol. The Labute approximate surface area is 101 Å². The summed E-state index contributed by atoms with van der Waals surface area (Å²) < 4.78 is 12.7. The molecular formula is C14H30FN. The number of nitrogens with zero attached hydrogens (tertiary/aromatic N) is 1. The fourth-order valence-corrected chi connectivity index (χ4v) is 1.93. The highest BCUT2D eigenvalue weighted by atomic mass is 19.2. The molecule has 0 N–H and O–H groups in total. The Morgan fingerprint density at radius 1 is 0.688 bits per heavy atom. The van der Waals surface area contributed by atoms with Crippen molar-refractivity contribution in [3.8, 4) is 0 Å². The van der Waals surface area contributed by atoms with E-state index in [0.717, 1.165) is 11.5 Å². The van der Waals surface area contributed by atoms with Gasteiger partial charge in [0.25, 0.3) is 0 Å². The smallest absolute Gasteiger partial charge is 0.0290 e. The first kappa shape index (κ1) is 15.9. The van der Waals surface area contributed by atoms with Crippen LogP contribution in [0.15, 0.2) is 0 Å². The number of hydrogen-bond donors (Lipinski definition) is 0. The predicted molar refractivity (Wildman–Crippen MR) is 70.2 cm³/mol. The van der Waals surface area contributed by atoms with E-state index >= 15 is 0 Å². The topological polar surface area (TPSA) is 3.24 Å². The van der Waals surface area contributed by atoms with Crippen molar-refractivity contribution in [2.24, 2.45) is 0 Å². The lowest BCUT2D eigenvalue weighted by Crippen LogP contribution is -2.13. The average Bonchev–Trinajstić information content (AvgIpc) is 2.31. The highest BCUT2D eigenvalue weighted by Gasteiger charge is 1.97. The highest BCUT2D eigenvalue weighted by molar-refractivity contribution is 4.49. The van der Waals surface area contributed by atoms with Crippen LogP contribution in [0.1, 0.15) is 78.1 Å². The van der Waals surface area contributed by atoms with Crippen molar-refractivity contribution in [3.05, 3.63) is 0 Å². The molecule has 0 aromatic carbocycles. The Morgan fingerprint density at radius 2 is 1.12 bits per heavy atom. The Morgan fingerprint density at radius 3 is 1.56 bits per heavy atom. The van der Waals surface area contributed by atoms with Crippen LogP contribution in [0.25, 0.3) is 0 Å². The second-order valence-corrected chi connectivity index (χ2v) is 4.68. The zero-order valence-corrected chi connectivity index (χ0v) is 11.3. The lowest BCUT2D eigenvalue weighted by Gasteiger charge is -2.07. The van der Waals surface area contributed by atoms with E-state index in [-0.39, 0.29) is 0 Å². The van der Waals surface area contributed by atoms with E-state index in [9.17, 15) is 4.48 Å². The highest BCUT2D eigenvalue weighted by Crippen LogP contribution is 2.10. The van der Waals surface area contributed by atoms with Gasteiger partial charge in [-0.2, -0.15) is 0 Å². The maximum absolute atomic E-state index is 12.7. The van der Waals surface area contributed by atoms with Crippen molar-refractivity contribution in [3.63, 3.8) is 0 Å². The molecule has 0 fully saturated rings. The van der Waals surface area contributed by atoms with Crippen LogP contribution < -0.4 is 0 Å². The van der Waals surface area contributed by atoms with E-state index in [1.807, 2.05) is 6.92 Å². The first-order chi connectivity index (χ1) is 7.81. The molecule has 0 heterocycles. The van der Waals surface area contributed by atoms with Crippen LogP contribution in [0.4, 0.5) is 4.48 Å². The molecule has 0 aromatic heterocycles. The molecule has 0 atom stereocenters. The van der Waals surface area contributed by atoms with Crippen LogP contribution >= 0.6 is 0 Å². The molecule has 0 radical (unpaired) electrons. The van der Waals surface area contributed by atoms with Gasteiger partial charge in [0.1, 0.15) is 0 Å². The fraction of sp³-hybridized carbons (Fsp3) is 1.00. The third kappa shape index (κ3) is 12.0. The van der Waals surface area contributed by atoms with Crippen LogP contribution in [-0.4, -0.2) is 18.2 Å². The first-order valence-electron chi connectivity index (χ1n) is 7.22. The quantitative estimate of drug-likeness (QED) is 0.333. The van der Waals surface area contributed by atoms with Crippen molar-refractivity contribution in [2.45, 2.75) is 78.1 Å². The first-order valence-corrected chi connectivity index (χ1v) is 7.22. The van der Waals surface area contributed by atoms with Crippen LogP contribution in [0.3, 0.4) is 0 Å². The lowest BCUT2D eigenvalue weighted by molar-refractivity contribution is 0.0301. The molecule has 1 nitrogen and oxygen atoms in total.